The van der Waals surface area contributed by atoms with Crippen LogP contribution in [0, 0.1) is 10.1 Å². The number of rotatable bonds is 6. The molecule has 1 aliphatic carbocycles. The second kappa shape index (κ2) is 9.97. The molecule has 1 N–H and O–H groups in total. The number of pyridine rings is 1. The number of nitrogens with one attached hydrogen (secondary N) is 1. The van der Waals surface area contributed by atoms with E-state index in [1.165, 1.54) is 12.1 Å². The van der Waals surface area contributed by atoms with Gasteiger partial charge in [-0.1, -0.05) is 0 Å². The van der Waals surface area contributed by atoms with E-state index in [4.69, 9.17) is 4.74 Å². The molecule has 1 aromatic carbocycles. The minimum atomic E-state index is -0.402. The van der Waals surface area contributed by atoms with Gasteiger partial charge in [0.1, 0.15) is 0 Å². The summed E-state index contributed by atoms with van der Waals surface area (Å²) in [4.78, 5) is 28.9. The number of allylic oxidation sites excluding steroid dienone is 2. The van der Waals surface area contributed by atoms with Gasteiger partial charge in [0.2, 0.25) is 0 Å². The molecule has 1 aromatic heterocycles. The molecule has 0 saturated carbocycles. The molecule has 0 unspecified atom stereocenters. The fourth-order valence-corrected chi connectivity index (χ4v) is 3.80. The van der Waals surface area contributed by atoms with Crippen LogP contribution in [0.25, 0.3) is 6.08 Å². The number of non-ortho nitro benzene ring substituents is 1. The number of nitro groups is 1. The van der Waals surface area contributed by atoms with Crippen LogP contribution in [-0.4, -0.2) is 53.2 Å². The minimum Gasteiger partial charge on any atom is -0.378 e. The first-order chi connectivity index (χ1) is 15.6. The van der Waals surface area contributed by atoms with Crippen molar-refractivity contribution >= 4 is 23.9 Å². The van der Waals surface area contributed by atoms with Gasteiger partial charge in [0.25, 0.3) is 11.6 Å². The van der Waals surface area contributed by atoms with Crippen molar-refractivity contribution in [3.63, 3.8) is 0 Å². The molecule has 0 bridgehead atoms. The number of hydrogen-bond acceptors (Lipinski definition) is 7. The molecule has 9 heteroatoms. The van der Waals surface area contributed by atoms with Gasteiger partial charge in [-0.25, -0.2) is 5.43 Å². The lowest BCUT2D eigenvalue weighted by Crippen LogP contribution is -2.36. The monoisotopic (exact) mass is 433 g/mol. The van der Waals surface area contributed by atoms with E-state index in [2.05, 4.69) is 26.5 Å². The van der Waals surface area contributed by atoms with E-state index in [1.54, 1.807) is 42.9 Å². The van der Waals surface area contributed by atoms with Crippen molar-refractivity contribution in [1.29, 1.82) is 0 Å². The van der Waals surface area contributed by atoms with Crippen molar-refractivity contribution in [3.05, 3.63) is 86.9 Å². The Bertz CT molecular complexity index is 1070. The Hall–Kier alpha value is -3.85. The zero-order valence-electron chi connectivity index (χ0n) is 17.4. The van der Waals surface area contributed by atoms with Crippen molar-refractivity contribution in [1.82, 2.24) is 15.3 Å². The van der Waals surface area contributed by atoms with Crippen LogP contribution >= 0.6 is 0 Å². The molecule has 0 radical (unpaired) electrons. The number of aromatic nitrogens is 1. The molecule has 2 aromatic rings. The molecule has 32 heavy (non-hydrogen) atoms. The maximum Gasteiger partial charge on any atom is 0.271 e. The Labute approximate surface area is 185 Å². The van der Waals surface area contributed by atoms with Gasteiger partial charge in [-0.15, -0.1) is 0 Å². The molecular weight excluding hydrogens is 410 g/mol. The first-order valence-corrected chi connectivity index (χ1v) is 10.4. The third-order valence-corrected chi connectivity index (χ3v) is 5.37. The number of nitrogens with zero attached hydrogens (tertiary/aromatic N) is 4. The van der Waals surface area contributed by atoms with Crippen LogP contribution in [0.15, 0.2) is 70.7 Å². The highest BCUT2D eigenvalue weighted by Crippen LogP contribution is 2.35. The van der Waals surface area contributed by atoms with Gasteiger partial charge in [0, 0.05) is 48.9 Å². The maximum atomic E-state index is 12.2. The zero-order valence-corrected chi connectivity index (χ0v) is 17.4. The summed E-state index contributed by atoms with van der Waals surface area (Å²) in [6.45, 7) is 2.84. The molecule has 1 fully saturated rings. The van der Waals surface area contributed by atoms with E-state index in [0.29, 0.717) is 18.8 Å². The summed E-state index contributed by atoms with van der Waals surface area (Å²) in [5.41, 5.74) is 7.31. The van der Waals surface area contributed by atoms with Crippen LogP contribution < -0.4 is 5.43 Å². The van der Waals surface area contributed by atoms with Crippen LogP contribution in [0.3, 0.4) is 0 Å². The van der Waals surface area contributed by atoms with E-state index >= 15 is 0 Å². The fourth-order valence-electron chi connectivity index (χ4n) is 3.80. The summed E-state index contributed by atoms with van der Waals surface area (Å²) < 4.78 is 5.50. The first-order valence-electron chi connectivity index (χ1n) is 10.4. The molecule has 0 atom stereocenters. The third-order valence-electron chi connectivity index (χ3n) is 5.37. The smallest absolute Gasteiger partial charge is 0.271 e. The number of nitro benzene ring substituents is 1. The Morgan fingerprint density at radius 1 is 1.12 bits per heavy atom. The second-order valence-electron chi connectivity index (χ2n) is 7.43. The minimum absolute atomic E-state index is 0.0697. The van der Waals surface area contributed by atoms with Gasteiger partial charge >= 0.3 is 0 Å². The number of amides is 1. The molecule has 164 valence electrons. The summed E-state index contributed by atoms with van der Waals surface area (Å²) in [7, 11) is 0. The van der Waals surface area contributed by atoms with Gasteiger partial charge in [0.05, 0.1) is 24.4 Å². The second-order valence-corrected chi connectivity index (χ2v) is 7.43. The molecule has 0 spiro atoms. The van der Waals surface area contributed by atoms with Crippen molar-refractivity contribution in [2.24, 2.45) is 5.10 Å². The predicted octanol–water partition coefficient (Wildman–Crippen LogP) is 3.17. The van der Waals surface area contributed by atoms with Gasteiger partial charge in [-0.2, -0.15) is 5.10 Å². The molecule has 2 heterocycles. The highest BCUT2D eigenvalue weighted by atomic mass is 16.6. The maximum absolute atomic E-state index is 12.2. The van der Waals surface area contributed by atoms with Crippen LogP contribution in [0.1, 0.15) is 28.8 Å². The quantitative estimate of drug-likeness (QED) is 0.426. The Morgan fingerprint density at radius 3 is 2.53 bits per heavy atom. The average Bonchev–Trinajstić information content (AvgIpc) is 3.22. The molecule has 1 aliphatic heterocycles. The number of morpholine rings is 1. The molecule has 4 rings (SSSR count). The lowest BCUT2D eigenvalue weighted by molar-refractivity contribution is -0.384. The predicted molar refractivity (Wildman–Crippen MR) is 120 cm³/mol. The fraction of sp³-hybridized carbons (Fsp3) is 0.261. The first kappa shape index (κ1) is 21.4. The molecular formula is C23H23N5O4. The summed E-state index contributed by atoms with van der Waals surface area (Å²) >= 11 is 0. The summed E-state index contributed by atoms with van der Waals surface area (Å²) in [6, 6.07) is 9.78. The van der Waals surface area contributed by atoms with Crippen molar-refractivity contribution < 1.29 is 14.5 Å². The number of benzene rings is 1. The third kappa shape index (κ3) is 5.06. The SMILES string of the molecule is O=C(NN=CC1=C(N2CCOCC2)C(=Cc2ccc([N+](=O)[O-])cc2)CC1)c1ccncc1. The van der Waals surface area contributed by atoms with E-state index in [-0.39, 0.29) is 11.6 Å². The van der Waals surface area contributed by atoms with Crippen LogP contribution in [0.4, 0.5) is 5.69 Å². The number of carbonyl (C=O) groups excluding carboxylic acids is 1. The molecule has 1 saturated heterocycles. The van der Waals surface area contributed by atoms with E-state index in [9.17, 15) is 14.9 Å². The van der Waals surface area contributed by atoms with Gasteiger partial charge in [0.15, 0.2) is 0 Å². The number of hydrazone groups is 1. The van der Waals surface area contributed by atoms with Crippen LogP contribution in [0.5, 0.6) is 0 Å². The Morgan fingerprint density at radius 2 is 1.84 bits per heavy atom. The molecule has 1 amide bonds. The highest BCUT2D eigenvalue weighted by molar-refractivity contribution is 5.94. The summed E-state index contributed by atoms with van der Waals surface area (Å²) in [6.07, 6.45) is 8.50. The number of hydrogen-bond donors (Lipinski definition) is 1. The lowest BCUT2D eigenvalue weighted by Gasteiger charge is -2.31. The van der Waals surface area contributed by atoms with Crippen molar-refractivity contribution in [3.8, 4) is 0 Å². The van der Waals surface area contributed by atoms with Gasteiger partial charge < -0.3 is 9.64 Å². The summed E-state index contributed by atoms with van der Waals surface area (Å²) in [5, 5.41) is 15.1. The highest BCUT2D eigenvalue weighted by Gasteiger charge is 2.25. The number of ether oxygens (including phenoxy) is 1. The Balaban J connectivity index is 1.57. The van der Waals surface area contributed by atoms with E-state index in [1.807, 2.05) is 0 Å². The molecule has 2 aliphatic rings. The largest absolute Gasteiger partial charge is 0.378 e. The number of carbonyl (C=O) groups is 1. The lowest BCUT2D eigenvalue weighted by atomic mass is 10.1. The van der Waals surface area contributed by atoms with Gasteiger partial charge in [-0.3, -0.25) is 19.9 Å². The van der Waals surface area contributed by atoms with Crippen molar-refractivity contribution in [2.45, 2.75) is 12.8 Å². The Kier molecular flexibility index (Phi) is 6.66. The standard InChI is InChI=1S/C23H23N5O4/c29-23(18-7-9-24-10-8-18)26-25-16-20-4-3-19(22(20)27-11-13-32-14-12-27)15-17-1-5-21(6-2-17)28(30)31/h1-2,5-10,15-16H,3-4,11-14H2,(H,26,29). The van der Waals surface area contributed by atoms with Gasteiger partial charge in [-0.05, 0) is 59.9 Å². The van der Waals surface area contributed by atoms with E-state index in [0.717, 1.165) is 48.3 Å². The van der Waals surface area contributed by atoms with Crippen LogP contribution in [-0.2, 0) is 4.74 Å². The topological polar surface area (TPSA) is 110 Å². The molecule has 9 nitrogen and oxygen atoms in total. The van der Waals surface area contributed by atoms with Crippen LogP contribution in [0.2, 0.25) is 0 Å². The normalized spacial score (nSPS) is 17.9. The zero-order chi connectivity index (χ0) is 22.3. The van der Waals surface area contributed by atoms with E-state index < -0.39 is 4.92 Å². The summed E-state index contributed by atoms with van der Waals surface area (Å²) in [5.74, 6) is -0.295. The van der Waals surface area contributed by atoms with Crippen molar-refractivity contribution in [2.75, 3.05) is 26.3 Å². The average molecular weight is 433 g/mol.